The summed E-state index contributed by atoms with van der Waals surface area (Å²) in [6.45, 7) is 1.81. The van der Waals surface area contributed by atoms with Crippen LogP contribution in [0.3, 0.4) is 0 Å². The fourth-order valence-electron chi connectivity index (χ4n) is 4.17. The first-order valence-corrected chi connectivity index (χ1v) is 10.2. The third-order valence-electron chi connectivity index (χ3n) is 5.82. The molecule has 0 saturated heterocycles. The zero-order chi connectivity index (χ0) is 20.9. The van der Waals surface area contributed by atoms with Gasteiger partial charge in [0, 0.05) is 17.3 Å². The summed E-state index contributed by atoms with van der Waals surface area (Å²) in [7, 11) is 0. The van der Waals surface area contributed by atoms with E-state index < -0.39 is 0 Å². The molecule has 0 unspecified atom stereocenters. The third-order valence-corrected chi connectivity index (χ3v) is 5.82. The standard InChI is InChI=1S/C27H19N3O/c1-17-27(31)30-16-24(22-12-10-18-6-2-4-8-20(18)14-22)29-25(26(30)28-17)23-13-11-19-7-3-5-9-21(19)15-23/h2-16,31H,1H3. The first-order valence-electron chi connectivity index (χ1n) is 10.2. The predicted octanol–water partition coefficient (Wildman–Crippen LogP) is 6.38. The highest BCUT2D eigenvalue weighted by Crippen LogP contribution is 2.32. The molecule has 0 saturated carbocycles. The highest BCUT2D eigenvalue weighted by molar-refractivity contribution is 5.90. The second-order valence-electron chi connectivity index (χ2n) is 7.81. The number of aryl methyl sites for hydroxylation is 1. The summed E-state index contributed by atoms with van der Waals surface area (Å²) in [6, 6.07) is 29.1. The first-order chi connectivity index (χ1) is 15.2. The number of nitrogens with zero attached hydrogens (tertiary/aromatic N) is 3. The monoisotopic (exact) mass is 401 g/mol. The molecule has 4 nitrogen and oxygen atoms in total. The van der Waals surface area contributed by atoms with Crippen molar-refractivity contribution in [1.82, 2.24) is 14.4 Å². The molecule has 6 rings (SSSR count). The first kappa shape index (κ1) is 17.7. The number of aromatic nitrogens is 3. The third kappa shape index (κ3) is 2.84. The van der Waals surface area contributed by atoms with E-state index in [-0.39, 0.29) is 5.88 Å². The van der Waals surface area contributed by atoms with Crippen molar-refractivity contribution >= 4 is 27.2 Å². The Morgan fingerprint density at radius 2 is 1.26 bits per heavy atom. The largest absolute Gasteiger partial charge is 0.493 e. The minimum atomic E-state index is 0.140. The average Bonchev–Trinajstić information content (AvgIpc) is 3.11. The Morgan fingerprint density at radius 1 is 0.677 bits per heavy atom. The maximum absolute atomic E-state index is 10.7. The quantitative estimate of drug-likeness (QED) is 0.366. The molecule has 4 heteroatoms. The van der Waals surface area contributed by atoms with Crippen molar-refractivity contribution in [1.29, 1.82) is 0 Å². The summed E-state index contributed by atoms with van der Waals surface area (Å²) >= 11 is 0. The molecule has 0 aliphatic carbocycles. The molecule has 0 aliphatic rings. The molecule has 1 N–H and O–H groups in total. The highest BCUT2D eigenvalue weighted by Gasteiger charge is 2.17. The van der Waals surface area contributed by atoms with Crippen molar-refractivity contribution in [2.24, 2.45) is 0 Å². The van der Waals surface area contributed by atoms with Gasteiger partial charge in [0.1, 0.15) is 11.4 Å². The maximum atomic E-state index is 10.7. The number of imidazole rings is 1. The maximum Gasteiger partial charge on any atom is 0.219 e. The number of benzene rings is 4. The van der Waals surface area contributed by atoms with Crippen LogP contribution in [0.2, 0.25) is 0 Å². The summed E-state index contributed by atoms with van der Waals surface area (Å²) in [5.41, 5.74) is 4.73. The van der Waals surface area contributed by atoms with E-state index in [0.29, 0.717) is 11.3 Å². The van der Waals surface area contributed by atoms with E-state index in [9.17, 15) is 5.11 Å². The van der Waals surface area contributed by atoms with Gasteiger partial charge in [0.25, 0.3) is 0 Å². The summed E-state index contributed by atoms with van der Waals surface area (Å²) < 4.78 is 1.73. The topological polar surface area (TPSA) is 50.4 Å². The zero-order valence-electron chi connectivity index (χ0n) is 16.9. The van der Waals surface area contributed by atoms with Gasteiger partial charge < -0.3 is 5.11 Å². The van der Waals surface area contributed by atoms with E-state index in [2.05, 4.69) is 65.6 Å². The summed E-state index contributed by atoms with van der Waals surface area (Å²) in [5.74, 6) is 0.140. The Labute approximate surface area is 179 Å². The van der Waals surface area contributed by atoms with Crippen LogP contribution in [-0.2, 0) is 0 Å². The summed E-state index contributed by atoms with van der Waals surface area (Å²) in [6.07, 6.45) is 1.86. The van der Waals surface area contributed by atoms with E-state index in [4.69, 9.17) is 4.98 Å². The van der Waals surface area contributed by atoms with E-state index in [1.807, 2.05) is 37.4 Å². The summed E-state index contributed by atoms with van der Waals surface area (Å²) in [4.78, 5) is 9.62. The van der Waals surface area contributed by atoms with E-state index in [1.165, 1.54) is 10.8 Å². The molecule has 4 aromatic carbocycles. The number of rotatable bonds is 2. The lowest BCUT2D eigenvalue weighted by atomic mass is 10.0. The van der Waals surface area contributed by atoms with Gasteiger partial charge in [-0.15, -0.1) is 0 Å². The van der Waals surface area contributed by atoms with Crippen molar-refractivity contribution in [2.75, 3.05) is 0 Å². The van der Waals surface area contributed by atoms with Gasteiger partial charge in [-0.05, 0) is 40.6 Å². The van der Waals surface area contributed by atoms with Crippen molar-refractivity contribution in [3.05, 3.63) is 96.8 Å². The second-order valence-corrected chi connectivity index (χ2v) is 7.81. The van der Waals surface area contributed by atoms with Crippen molar-refractivity contribution < 1.29 is 5.11 Å². The molecule has 0 aliphatic heterocycles. The lowest BCUT2D eigenvalue weighted by Crippen LogP contribution is -1.96. The molecule has 0 radical (unpaired) electrons. The van der Waals surface area contributed by atoms with E-state index in [1.54, 1.807) is 4.40 Å². The molecule has 0 amide bonds. The molecule has 148 valence electrons. The van der Waals surface area contributed by atoms with Gasteiger partial charge in [0.15, 0.2) is 5.65 Å². The van der Waals surface area contributed by atoms with Crippen LogP contribution >= 0.6 is 0 Å². The fourth-order valence-corrected chi connectivity index (χ4v) is 4.17. The highest BCUT2D eigenvalue weighted by atomic mass is 16.3. The second kappa shape index (κ2) is 6.67. The predicted molar refractivity (Wildman–Crippen MR) is 125 cm³/mol. The van der Waals surface area contributed by atoms with Crippen LogP contribution in [0.15, 0.2) is 91.1 Å². The Kier molecular flexibility index (Phi) is 3.80. The fraction of sp³-hybridized carbons (Fsp3) is 0.0370. The van der Waals surface area contributed by atoms with Crippen LogP contribution < -0.4 is 0 Å². The van der Waals surface area contributed by atoms with Gasteiger partial charge in [-0.2, -0.15) is 0 Å². The van der Waals surface area contributed by atoms with Gasteiger partial charge in [-0.1, -0.05) is 72.8 Å². The van der Waals surface area contributed by atoms with Crippen molar-refractivity contribution in [3.8, 4) is 28.4 Å². The van der Waals surface area contributed by atoms with Crippen molar-refractivity contribution in [2.45, 2.75) is 6.92 Å². The molecular weight excluding hydrogens is 382 g/mol. The van der Waals surface area contributed by atoms with Gasteiger partial charge in [-0.25, -0.2) is 9.97 Å². The van der Waals surface area contributed by atoms with Gasteiger partial charge >= 0.3 is 0 Å². The Morgan fingerprint density at radius 3 is 1.94 bits per heavy atom. The van der Waals surface area contributed by atoms with Crippen LogP contribution in [0, 0.1) is 6.92 Å². The number of fused-ring (bicyclic) bond motifs is 3. The molecule has 2 aromatic heterocycles. The minimum Gasteiger partial charge on any atom is -0.493 e. The van der Waals surface area contributed by atoms with Crippen LogP contribution in [0.25, 0.3) is 49.7 Å². The van der Waals surface area contributed by atoms with Gasteiger partial charge in [-0.3, -0.25) is 4.40 Å². The van der Waals surface area contributed by atoms with E-state index >= 15 is 0 Å². The number of hydrogen-bond acceptors (Lipinski definition) is 3. The lowest BCUT2D eigenvalue weighted by Gasteiger charge is -2.10. The average molecular weight is 401 g/mol. The van der Waals surface area contributed by atoms with Gasteiger partial charge in [0.05, 0.1) is 5.69 Å². The van der Waals surface area contributed by atoms with Crippen LogP contribution in [-0.4, -0.2) is 19.5 Å². The van der Waals surface area contributed by atoms with E-state index in [0.717, 1.165) is 33.3 Å². The van der Waals surface area contributed by atoms with Gasteiger partial charge in [0.2, 0.25) is 5.88 Å². The molecule has 2 heterocycles. The Hall–Kier alpha value is -4.18. The molecule has 0 fully saturated rings. The lowest BCUT2D eigenvalue weighted by molar-refractivity contribution is 0.444. The Balaban J connectivity index is 1.63. The smallest absolute Gasteiger partial charge is 0.219 e. The molecular formula is C27H19N3O. The molecule has 0 bridgehead atoms. The number of hydrogen-bond donors (Lipinski definition) is 1. The normalized spacial score (nSPS) is 11.5. The van der Waals surface area contributed by atoms with Crippen LogP contribution in [0.1, 0.15) is 5.69 Å². The van der Waals surface area contributed by atoms with Crippen LogP contribution in [0.4, 0.5) is 0 Å². The molecule has 0 atom stereocenters. The molecule has 6 aromatic rings. The SMILES string of the molecule is Cc1nc2c(-c3ccc4ccccc4c3)nc(-c3ccc4ccccc4c3)cn2c1O. The van der Waals surface area contributed by atoms with Crippen molar-refractivity contribution in [3.63, 3.8) is 0 Å². The molecule has 0 spiro atoms. The number of aromatic hydroxyl groups is 1. The minimum absolute atomic E-state index is 0.140. The summed E-state index contributed by atoms with van der Waals surface area (Å²) in [5, 5.41) is 15.3. The zero-order valence-corrected chi connectivity index (χ0v) is 16.9. The Bertz CT molecular complexity index is 1610. The molecule has 31 heavy (non-hydrogen) atoms. The van der Waals surface area contributed by atoms with Crippen LogP contribution in [0.5, 0.6) is 5.88 Å².